The van der Waals surface area contributed by atoms with Gasteiger partial charge in [-0.05, 0) is 25.7 Å². The first-order valence-corrected chi connectivity index (χ1v) is 8.35. The highest BCUT2D eigenvalue weighted by Gasteiger charge is 2.33. The number of esters is 1. The van der Waals surface area contributed by atoms with Crippen molar-refractivity contribution in [2.45, 2.75) is 59.0 Å². The van der Waals surface area contributed by atoms with Crippen LogP contribution < -0.4 is 5.32 Å². The van der Waals surface area contributed by atoms with Gasteiger partial charge in [-0.1, -0.05) is 26.7 Å². The molecule has 0 aromatic carbocycles. The van der Waals surface area contributed by atoms with Crippen molar-refractivity contribution in [1.82, 2.24) is 15.1 Å². The summed E-state index contributed by atoms with van der Waals surface area (Å²) in [6.07, 6.45) is 5.21. The van der Waals surface area contributed by atoms with Crippen molar-refractivity contribution in [3.05, 3.63) is 17.5 Å². The van der Waals surface area contributed by atoms with Gasteiger partial charge in [0.1, 0.15) is 0 Å². The van der Waals surface area contributed by atoms with Gasteiger partial charge in [0.15, 0.2) is 0 Å². The van der Waals surface area contributed by atoms with Crippen molar-refractivity contribution in [3.8, 4) is 0 Å². The van der Waals surface area contributed by atoms with E-state index >= 15 is 0 Å². The highest BCUT2D eigenvalue weighted by Crippen LogP contribution is 2.26. The van der Waals surface area contributed by atoms with Crippen LogP contribution in [0.2, 0.25) is 0 Å². The Morgan fingerprint density at radius 3 is 2.74 bits per heavy atom. The molecule has 2 atom stereocenters. The summed E-state index contributed by atoms with van der Waals surface area (Å²) in [4.78, 5) is 24.5. The van der Waals surface area contributed by atoms with E-state index in [2.05, 4.69) is 24.3 Å². The molecule has 2 rings (SSSR count). The molecule has 0 spiro atoms. The van der Waals surface area contributed by atoms with Gasteiger partial charge in [-0.3, -0.25) is 14.3 Å². The average molecular weight is 321 g/mol. The molecule has 0 aliphatic heterocycles. The van der Waals surface area contributed by atoms with Crippen LogP contribution in [0.15, 0.2) is 6.20 Å². The molecule has 1 aromatic heterocycles. The molecular weight excluding hydrogens is 294 g/mol. The minimum atomic E-state index is -0.247. The van der Waals surface area contributed by atoms with Crippen molar-refractivity contribution in [2.24, 2.45) is 11.8 Å². The second kappa shape index (κ2) is 7.62. The van der Waals surface area contributed by atoms with Gasteiger partial charge in [0.2, 0.25) is 0 Å². The molecule has 1 N–H and O–H groups in total. The fourth-order valence-electron chi connectivity index (χ4n) is 3.18. The molecule has 1 fully saturated rings. The van der Waals surface area contributed by atoms with Crippen molar-refractivity contribution in [3.63, 3.8) is 0 Å². The third-order valence-electron chi connectivity index (χ3n) is 4.47. The standard InChI is InChI=1S/C17H27N3O3/c1-11(2)10-20-12(3)14(9-18-20)16(21)19-15-8-6-5-7-13(15)17(22)23-4/h9,11,13,15H,5-8,10H2,1-4H3,(H,19,21)/t13-,15+/m0/s1. The largest absolute Gasteiger partial charge is 0.469 e. The number of hydrogen-bond acceptors (Lipinski definition) is 4. The van der Waals surface area contributed by atoms with Gasteiger partial charge in [0.25, 0.3) is 5.91 Å². The van der Waals surface area contributed by atoms with Crippen molar-refractivity contribution in [2.75, 3.05) is 7.11 Å². The Morgan fingerprint density at radius 2 is 2.09 bits per heavy atom. The van der Waals surface area contributed by atoms with E-state index in [1.807, 2.05) is 11.6 Å². The van der Waals surface area contributed by atoms with Gasteiger partial charge < -0.3 is 10.1 Å². The van der Waals surface area contributed by atoms with Gasteiger partial charge in [-0.2, -0.15) is 5.10 Å². The number of amides is 1. The summed E-state index contributed by atoms with van der Waals surface area (Å²) in [5.74, 6) is -0.171. The molecule has 128 valence electrons. The smallest absolute Gasteiger partial charge is 0.310 e. The number of nitrogens with zero attached hydrogens (tertiary/aromatic N) is 2. The molecule has 0 bridgehead atoms. The lowest BCUT2D eigenvalue weighted by Crippen LogP contribution is -2.45. The molecule has 1 aromatic rings. The lowest BCUT2D eigenvalue weighted by atomic mass is 9.84. The molecular formula is C17H27N3O3. The highest BCUT2D eigenvalue weighted by atomic mass is 16.5. The summed E-state index contributed by atoms with van der Waals surface area (Å²) >= 11 is 0. The molecule has 0 saturated heterocycles. The van der Waals surface area contributed by atoms with E-state index in [9.17, 15) is 9.59 Å². The first-order chi connectivity index (χ1) is 10.9. The lowest BCUT2D eigenvalue weighted by Gasteiger charge is -2.30. The predicted octanol–water partition coefficient (Wildman–Crippen LogP) is 2.31. The van der Waals surface area contributed by atoms with Crippen LogP contribution in [0.5, 0.6) is 0 Å². The first-order valence-electron chi connectivity index (χ1n) is 8.35. The molecule has 6 nitrogen and oxygen atoms in total. The van der Waals surface area contributed by atoms with Crippen LogP contribution in [0.3, 0.4) is 0 Å². The third-order valence-corrected chi connectivity index (χ3v) is 4.47. The van der Waals surface area contributed by atoms with Crippen LogP contribution >= 0.6 is 0 Å². The minimum absolute atomic E-state index is 0.154. The summed E-state index contributed by atoms with van der Waals surface area (Å²) in [5, 5.41) is 7.32. The fourth-order valence-corrected chi connectivity index (χ4v) is 3.18. The number of ether oxygens (including phenoxy) is 1. The zero-order chi connectivity index (χ0) is 17.0. The maximum absolute atomic E-state index is 12.6. The van der Waals surface area contributed by atoms with Crippen LogP contribution in [0.25, 0.3) is 0 Å². The van der Waals surface area contributed by atoms with E-state index in [1.165, 1.54) is 7.11 Å². The topological polar surface area (TPSA) is 73.2 Å². The molecule has 1 heterocycles. The van der Waals surface area contributed by atoms with Gasteiger partial charge in [-0.25, -0.2) is 0 Å². The van der Waals surface area contributed by atoms with Crippen molar-refractivity contribution >= 4 is 11.9 Å². The van der Waals surface area contributed by atoms with Crippen LogP contribution in [-0.4, -0.2) is 34.8 Å². The number of aromatic nitrogens is 2. The van der Waals surface area contributed by atoms with Crippen LogP contribution in [0.4, 0.5) is 0 Å². The average Bonchev–Trinajstić information content (AvgIpc) is 2.87. The zero-order valence-electron chi connectivity index (χ0n) is 14.5. The van der Waals surface area contributed by atoms with Crippen molar-refractivity contribution < 1.29 is 14.3 Å². The van der Waals surface area contributed by atoms with E-state index < -0.39 is 0 Å². The summed E-state index contributed by atoms with van der Waals surface area (Å²) in [7, 11) is 1.40. The predicted molar refractivity (Wildman–Crippen MR) is 87.0 cm³/mol. The van der Waals surface area contributed by atoms with Crippen molar-refractivity contribution in [1.29, 1.82) is 0 Å². The highest BCUT2D eigenvalue weighted by molar-refractivity contribution is 5.95. The number of nitrogens with one attached hydrogen (secondary N) is 1. The molecule has 23 heavy (non-hydrogen) atoms. The summed E-state index contributed by atoms with van der Waals surface area (Å²) in [6, 6.07) is -0.156. The molecule has 1 saturated carbocycles. The number of carbonyl (C=O) groups excluding carboxylic acids is 2. The lowest BCUT2D eigenvalue weighted by molar-refractivity contribution is -0.147. The summed E-state index contributed by atoms with van der Waals surface area (Å²) in [5.41, 5.74) is 1.45. The van der Waals surface area contributed by atoms with Gasteiger partial charge in [-0.15, -0.1) is 0 Å². The Morgan fingerprint density at radius 1 is 1.39 bits per heavy atom. The fraction of sp³-hybridized carbons (Fsp3) is 0.706. The Balaban J connectivity index is 2.08. The van der Waals surface area contributed by atoms with E-state index in [4.69, 9.17) is 4.74 Å². The SMILES string of the molecule is COC(=O)[C@H]1CCCC[C@H]1NC(=O)c1cnn(CC(C)C)c1C. The third kappa shape index (κ3) is 4.12. The second-order valence-corrected chi connectivity index (χ2v) is 6.71. The molecule has 1 amide bonds. The first kappa shape index (κ1) is 17.5. The van der Waals surface area contributed by atoms with Gasteiger partial charge in [0.05, 0.1) is 24.8 Å². The molecule has 0 radical (unpaired) electrons. The van der Waals surface area contributed by atoms with Crippen LogP contribution in [0.1, 0.15) is 55.6 Å². The number of methoxy groups -OCH3 is 1. The number of carbonyl (C=O) groups is 2. The van der Waals surface area contributed by atoms with E-state index in [0.29, 0.717) is 11.5 Å². The van der Waals surface area contributed by atoms with E-state index in [1.54, 1.807) is 6.20 Å². The van der Waals surface area contributed by atoms with Crippen LogP contribution in [0, 0.1) is 18.8 Å². The summed E-state index contributed by atoms with van der Waals surface area (Å²) < 4.78 is 6.73. The minimum Gasteiger partial charge on any atom is -0.469 e. The zero-order valence-corrected chi connectivity index (χ0v) is 14.5. The Labute approximate surface area is 137 Å². The Hall–Kier alpha value is -1.85. The molecule has 1 aliphatic rings. The number of hydrogen-bond donors (Lipinski definition) is 1. The molecule has 1 aliphatic carbocycles. The normalized spacial score (nSPS) is 21.3. The van der Waals surface area contributed by atoms with Gasteiger partial charge >= 0.3 is 5.97 Å². The molecule has 0 unspecified atom stereocenters. The quantitative estimate of drug-likeness (QED) is 0.845. The van der Waals surface area contributed by atoms with E-state index in [0.717, 1.165) is 37.9 Å². The number of rotatable bonds is 5. The maximum atomic E-state index is 12.6. The monoisotopic (exact) mass is 321 g/mol. The Kier molecular flexibility index (Phi) is 5.80. The van der Waals surface area contributed by atoms with Crippen LogP contribution in [-0.2, 0) is 16.1 Å². The second-order valence-electron chi connectivity index (χ2n) is 6.71. The Bertz CT molecular complexity index is 565. The molecule has 6 heteroatoms. The summed E-state index contributed by atoms with van der Waals surface area (Å²) in [6.45, 7) is 6.92. The van der Waals surface area contributed by atoms with Gasteiger partial charge in [0, 0.05) is 18.3 Å². The van der Waals surface area contributed by atoms with E-state index in [-0.39, 0.29) is 23.8 Å². The maximum Gasteiger partial charge on any atom is 0.310 e.